The number of rotatable bonds is 0. The Labute approximate surface area is 169 Å². The van der Waals surface area contributed by atoms with Gasteiger partial charge < -0.3 is 9.97 Å². The van der Waals surface area contributed by atoms with Gasteiger partial charge in [-0.05, 0) is 36.4 Å². The van der Waals surface area contributed by atoms with Crippen LogP contribution in [0.4, 0.5) is 0 Å². The molecule has 0 atom stereocenters. The Bertz CT molecular complexity index is 1390. The minimum absolute atomic E-state index is 0.0646. The van der Waals surface area contributed by atoms with Crippen LogP contribution in [0.15, 0.2) is 45.3 Å². The molecule has 4 nitrogen and oxygen atoms in total. The maximum atomic E-state index is 12.8. The Morgan fingerprint density at radius 1 is 0.704 bits per heavy atom. The number of aromatic nitrogens is 2. The number of benzene rings is 3. The van der Waals surface area contributed by atoms with Gasteiger partial charge in [0.1, 0.15) is 0 Å². The van der Waals surface area contributed by atoms with Gasteiger partial charge in [0.05, 0.1) is 17.5 Å². The molecule has 5 aromatic rings. The molecule has 0 saturated heterocycles. The van der Waals surface area contributed by atoms with Gasteiger partial charge in [0.25, 0.3) is 0 Å². The normalized spacial score (nSPS) is 14.3. The van der Waals surface area contributed by atoms with Crippen molar-refractivity contribution in [2.75, 3.05) is 0 Å². The number of H-pyrrole nitrogens is 2. The number of hydrogen-bond donors (Lipinski definition) is 2. The summed E-state index contributed by atoms with van der Waals surface area (Å²) in [7, 11) is 0. The summed E-state index contributed by atoms with van der Waals surface area (Å²) in [4.78, 5) is 32.6. The molecule has 3 aromatic carbocycles. The molecule has 6 heteroatoms. The van der Waals surface area contributed by atoms with Crippen molar-refractivity contribution in [2.45, 2.75) is 6.42 Å². The SMILES string of the molecule is O=C1CC(=O)c2c1c1c3cc(Br)ccc3[nH]c1c1[nH]c3ccc(Br)cc3c21. The molecule has 1 aliphatic rings. The van der Waals surface area contributed by atoms with Gasteiger partial charge in [-0.3, -0.25) is 9.59 Å². The standard InChI is InChI=1S/C21H10Br2N2O2/c22-8-1-3-12-10(5-8)16-18-14(26)7-15(27)19(18)17-11-6-9(23)2-4-13(11)25-21(17)20(16)24-12/h1-6,24-25H,7H2. The average Bonchev–Trinajstić information content (AvgIpc) is 3.26. The lowest BCUT2D eigenvalue weighted by Crippen LogP contribution is -1.94. The van der Waals surface area contributed by atoms with E-state index in [1.807, 2.05) is 36.4 Å². The van der Waals surface area contributed by atoms with Crippen LogP contribution in [0, 0.1) is 0 Å². The van der Waals surface area contributed by atoms with Gasteiger partial charge in [-0.2, -0.15) is 0 Å². The summed E-state index contributed by atoms with van der Waals surface area (Å²) in [6, 6.07) is 11.9. The van der Waals surface area contributed by atoms with Crippen LogP contribution >= 0.6 is 31.9 Å². The molecule has 27 heavy (non-hydrogen) atoms. The van der Waals surface area contributed by atoms with Crippen molar-refractivity contribution >= 4 is 87.0 Å². The zero-order chi connectivity index (χ0) is 18.4. The third kappa shape index (κ3) is 1.92. The van der Waals surface area contributed by atoms with Gasteiger partial charge in [0.2, 0.25) is 0 Å². The molecule has 0 amide bonds. The quantitative estimate of drug-likeness (QED) is 0.257. The molecular formula is C21H10Br2N2O2. The van der Waals surface area contributed by atoms with E-state index in [9.17, 15) is 9.59 Å². The fraction of sp³-hybridized carbons (Fsp3) is 0.0476. The summed E-state index contributed by atoms with van der Waals surface area (Å²) in [6.45, 7) is 0. The van der Waals surface area contributed by atoms with Crippen LogP contribution in [0.2, 0.25) is 0 Å². The molecular weight excluding hydrogens is 472 g/mol. The average molecular weight is 482 g/mol. The number of ketones is 2. The number of hydrogen-bond acceptors (Lipinski definition) is 2. The second-order valence-electron chi connectivity index (χ2n) is 6.90. The van der Waals surface area contributed by atoms with Gasteiger partial charge in [-0.1, -0.05) is 31.9 Å². The molecule has 0 bridgehead atoms. The number of carbonyl (C=O) groups excluding carboxylic acids is 2. The first-order valence-corrected chi connectivity index (χ1v) is 10.1. The van der Waals surface area contributed by atoms with E-state index in [0.29, 0.717) is 11.1 Å². The highest BCUT2D eigenvalue weighted by Gasteiger charge is 2.34. The molecule has 2 aromatic heterocycles. The van der Waals surface area contributed by atoms with Crippen LogP contribution in [-0.2, 0) is 0 Å². The van der Waals surface area contributed by atoms with Crippen LogP contribution in [0.3, 0.4) is 0 Å². The van der Waals surface area contributed by atoms with E-state index in [1.54, 1.807) is 0 Å². The van der Waals surface area contributed by atoms with Gasteiger partial charge in [-0.25, -0.2) is 0 Å². The van der Waals surface area contributed by atoms with Gasteiger partial charge in [-0.15, -0.1) is 0 Å². The summed E-state index contributed by atoms with van der Waals surface area (Å²) in [6.07, 6.45) is -0.0646. The molecule has 2 N–H and O–H groups in total. The van der Waals surface area contributed by atoms with E-state index in [2.05, 4.69) is 41.8 Å². The molecule has 0 fully saturated rings. The third-order valence-electron chi connectivity index (χ3n) is 5.40. The highest BCUT2D eigenvalue weighted by atomic mass is 79.9. The second kappa shape index (κ2) is 5.09. The maximum absolute atomic E-state index is 12.8. The van der Waals surface area contributed by atoms with Crippen molar-refractivity contribution in [3.05, 3.63) is 56.5 Å². The molecule has 1 aliphatic carbocycles. The number of carbonyl (C=O) groups is 2. The lowest BCUT2D eigenvalue weighted by atomic mass is 9.97. The summed E-state index contributed by atoms with van der Waals surface area (Å²) in [5.41, 5.74) is 4.71. The predicted molar refractivity (Wildman–Crippen MR) is 114 cm³/mol. The Kier molecular flexibility index (Phi) is 2.94. The van der Waals surface area contributed by atoms with E-state index >= 15 is 0 Å². The van der Waals surface area contributed by atoms with Crippen LogP contribution < -0.4 is 0 Å². The predicted octanol–water partition coefficient (Wildman–Crippen LogP) is 6.25. The Morgan fingerprint density at radius 3 is 1.59 bits per heavy atom. The third-order valence-corrected chi connectivity index (χ3v) is 6.39. The maximum Gasteiger partial charge on any atom is 0.172 e. The fourth-order valence-electron chi connectivity index (χ4n) is 4.35. The molecule has 0 spiro atoms. The molecule has 130 valence electrons. The number of fused-ring (bicyclic) bond motifs is 10. The van der Waals surface area contributed by atoms with Gasteiger partial charge >= 0.3 is 0 Å². The summed E-state index contributed by atoms with van der Waals surface area (Å²) in [5.74, 6) is -0.209. The summed E-state index contributed by atoms with van der Waals surface area (Å²) >= 11 is 7.04. The van der Waals surface area contributed by atoms with Gasteiger partial charge in [0.15, 0.2) is 11.6 Å². The molecule has 0 radical (unpaired) electrons. The summed E-state index contributed by atoms with van der Waals surface area (Å²) < 4.78 is 1.86. The number of nitrogens with one attached hydrogen (secondary N) is 2. The Hall–Kier alpha value is -2.44. The molecule has 0 saturated carbocycles. The minimum Gasteiger partial charge on any atom is -0.353 e. The van der Waals surface area contributed by atoms with Crippen molar-refractivity contribution in [2.24, 2.45) is 0 Å². The van der Waals surface area contributed by atoms with E-state index in [1.165, 1.54) is 0 Å². The van der Waals surface area contributed by atoms with Crippen molar-refractivity contribution in [3.63, 3.8) is 0 Å². The minimum atomic E-state index is -0.105. The molecule has 6 rings (SSSR count). The largest absolute Gasteiger partial charge is 0.353 e. The van der Waals surface area contributed by atoms with Crippen LogP contribution in [0.5, 0.6) is 0 Å². The van der Waals surface area contributed by atoms with Gasteiger partial charge in [0, 0.05) is 52.7 Å². The van der Waals surface area contributed by atoms with E-state index < -0.39 is 0 Å². The highest BCUT2D eigenvalue weighted by molar-refractivity contribution is 9.10. The van der Waals surface area contributed by atoms with E-state index in [0.717, 1.165) is 52.6 Å². The first-order valence-electron chi connectivity index (χ1n) is 8.47. The topological polar surface area (TPSA) is 65.7 Å². The second-order valence-corrected chi connectivity index (χ2v) is 8.73. The zero-order valence-corrected chi connectivity index (χ0v) is 16.9. The molecule has 2 heterocycles. The first kappa shape index (κ1) is 15.6. The summed E-state index contributed by atoms with van der Waals surface area (Å²) in [5, 5.41) is 3.55. The first-order chi connectivity index (χ1) is 13.0. The number of halogens is 2. The molecule has 0 aliphatic heterocycles. The van der Waals surface area contributed by atoms with Crippen LogP contribution in [0.1, 0.15) is 27.1 Å². The molecule has 0 unspecified atom stereocenters. The number of aromatic amines is 2. The van der Waals surface area contributed by atoms with Crippen LogP contribution in [-0.4, -0.2) is 21.5 Å². The van der Waals surface area contributed by atoms with Crippen molar-refractivity contribution < 1.29 is 9.59 Å². The van der Waals surface area contributed by atoms with E-state index in [-0.39, 0.29) is 18.0 Å². The fourth-order valence-corrected chi connectivity index (χ4v) is 5.08. The highest BCUT2D eigenvalue weighted by Crippen LogP contribution is 2.44. The Balaban J connectivity index is 2.00. The lowest BCUT2D eigenvalue weighted by molar-refractivity contribution is 0.0924. The van der Waals surface area contributed by atoms with Crippen molar-refractivity contribution in [1.82, 2.24) is 9.97 Å². The number of Topliss-reactive ketones (excluding diaryl/α,β-unsaturated/α-hetero) is 2. The zero-order valence-electron chi connectivity index (χ0n) is 13.7. The van der Waals surface area contributed by atoms with Crippen molar-refractivity contribution in [1.29, 1.82) is 0 Å². The smallest absolute Gasteiger partial charge is 0.172 e. The Morgan fingerprint density at radius 2 is 1.15 bits per heavy atom. The van der Waals surface area contributed by atoms with Crippen LogP contribution in [0.25, 0.3) is 43.6 Å². The van der Waals surface area contributed by atoms with E-state index in [4.69, 9.17) is 0 Å². The lowest BCUT2D eigenvalue weighted by Gasteiger charge is -2.04. The monoisotopic (exact) mass is 480 g/mol. The van der Waals surface area contributed by atoms with Crippen molar-refractivity contribution in [3.8, 4) is 0 Å².